The fourth-order valence-corrected chi connectivity index (χ4v) is 2.74. The van der Waals surface area contributed by atoms with Crippen LogP contribution in [0, 0.1) is 4.84 Å². The normalized spacial score (nSPS) is 19.8. The Morgan fingerprint density at radius 3 is 3.00 bits per heavy atom. The van der Waals surface area contributed by atoms with Gasteiger partial charge in [-0.2, -0.15) is 0 Å². The molecule has 2 aromatic rings. The molecule has 1 atom stereocenters. The molecule has 0 N–H and O–H groups in total. The number of benzene rings is 1. The van der Waals surface area contributed by atoms with Crippen molar-refractivity contribution in [1.82, 2.24) is 14.7 Å². The SMILES string of the molecule is C[C@H]1CN(Cn2nc(-c3ccccc3Cl)oc2=S)CCO1. The number of hydrogen-bond acceptors (Lipinski definition) is 5. The molecule has 1 aliphatic rings. The van der Waals surface area contributed by atoms with Gasteiger partial charge in [0.2, 0.25) is 5.89 Å². The zero-order valence-corrected chi connectivity index (χ0v) is 13.2. The van der Waals surface area contributed by atoms with Crippen molar-refractivity contribution in [2.75, 3.05) is 19.7 Å². The third-order valence-electron chi connectivity index (χ3n) is 3.37. The average Bonchev–Trinajstić information content (AvgIpc) is 2.80. The highest BCUT2D eigenvalue weighted by atomic mass is 35.5. The number of rotatable bonds is 3. The second-order valence-corrected chi connectivity index (χ2v) is 5.81. The van der Waals surface area contributed by atoms with Crippen molar-refractivity contribution < 1.29 is 9.15 Å². The standard InChI is InChI=1S/C14H16ClN3O2S/c1-10-8-17(6-7-19-10)9-18-14(21)20-13(16-18)11-4-2-3-5-12(11)15/h2-5,10H,6-9H2,1H3/t10-/m0/s1. The lowest BCUT2D eigenvalue weighted by Gasteiger charge is -2.30. The second kappa shape index (κ2) is 6.27. The van der Waals surface area contributed by atoms with E-state index in [9.17, 15) is 0 Å². The molecule has 7 heteroatoms. The van der Waals surface area contributed by atoms with Crippen LogP contribution in [0.4, 0.5) is 0 Å². The van der Waals surface area contributed by atoms with Crippen LogP contribution in [-0.2, 0) is 11.4 Å². The third-order valence-corrected chi connectivity index (χ3v) is 3.99. The van der Waals surface area contributed by atoms with Gasteiger partial charge >= 0.3 is 0 Å². The zero-order valence-electron chi connectivity index (χ0n) is 11.7. The Kier molecular flexibility index (Phi) is 4.40. The van der Waals surface area contributed by atoms with Gasteiger partial charge in [0.15, 0.2) is 0 Å². The molecule has 0 saturated carbocycles. The van der Waals surface area contributed by atoms with Gasteiger partial charge in [-0.3, -0.25) is 4.90 Å². The first kappa shape index (κ1) is 14.7. The molecule has 1 aromatic carbocycles. The molecule has 3 rings (SSSR count). The summed E-state index contributed by atoms with van der Waals surface area (Å²) in [4.78, 5) is 2.59. The molecule has 5 nitrogen and oxygen atoms in total. The van der Waals surface area contributed by atoms with Crippen LogP contribution in [0.15, 0.2) is 28.7 Å². The van der Waals surface area contributed by atoms with Crippen molar-refractivity contribution in [2.24, 2.45) is 0 Å². The van der Waals surface area contributed by atoms with Gasteiger partial charge in [0.25, 0.3) is 4.84 Å². The summed E-state index contributed by atoms with van der Waals surface area (Å²) in [6, 6.07) is 7.43. The van der Waals surface area contributed by atoms with Gasteiger partial charge in [-0.15, -0.1) is 5.10 Å². The lowest BCUT2D eigenvalue weighted by Crippen LogP contribution is -2.42. The summed E-state index contributed by atoms with van der Waals surface area (Å²) in [6.07, 6.45) is 0.225. The van der Waals surface area contributed by atoms with Crippen LogP contribution < -0.4 is 0 Å². The van der Waals surface area contributed by atoms with Gasteiger partial charge in [0.1, 0.15) is 0 Å². The second-order valence-electron chi connectivity index (χ2n) is 5.05. The number of hydrogen-bond donors (Lipinski definition) is 0. The van der Waals surface area contributed by atoms with Crippen LogP contribution in [0.2, 0.25) is 5.02 Å². The molecule has 21 heavy (non-hydrogen) atoms. The van der Waals surface area contributed by atoms with Crippen LogP contribution in [0.3, 0.4) is 0 Å². The largest absolute Gasteiger partial charge is 0.409 e. The van der Waals surface area contributed by atoms with Crippen molar-refractivity contribution in [3.8, 4) is 11.5 Å². The fourth-order valence-electron chi connectivity index (χ4n) is 2.35. The van der Waals surface area contributed by atoms with Crippen LogP contribution in [0.25, 0.3) is 11.5 Å². The highest BCUT2D eigenvalue weighted by Gasteiger charge is 2.19. The first-order valence-electron chi connectivity index (χ1n) is 6.80. The highest BCUT2D eigenvalue weighted by Crippen LogP contribution is 2.26. The van der Waals surface area contributed by atoms with E-state index in [2.05, 4.69) is 16.9 Å². The number of ether oxygens (including phenoxy) is 1. The summed E-state index contributed by atoms with van der Waals surface area (Å²) in [7, 11) is 0. The Morgan fingerprint density at radius 1 is 1.43 bits per heavy atom. The Morgan fingerprint density at radius 2 is 2.24 bits per heavy atom. The molecule has 0 spiro atoms. The number of aromatic nitrogens is 2. The summed E-state index contributed by atoms with van der Waals surface area (Å²) < 4.78 is 12.8. The molecule has 1 fully saturated rings. The van der Waals surface area contributed by atoms with Crippen LogP contribution in [0.5, 0.6) is 0 Å². The molecule has 112 valence electrons. The van der Waals surface area contributed by atoms with E-state index in [0.717, 1.165) is 25.3 Å². The topological polar surface area (TPSA) is 43.4 Å². The van der Waals surface area contributed by atoms with Crippen molar-refractivity contribution in [3.05, 3.63) is 34.1 Å². The Bertz CT molecular complexity index is 685. The Labute approximate surface area is 133 Å². The fraction of sp³-hybridized carbons (Fsp3) is 0.429. The minimum absolute atomic E-state index is 0.225. The Hall–Kier alpha value is -1.21. The summed E-state index contributed by atoms with van der Waals surface area (Å²) in [5.41, 5.74) is 0.749. The highest BCUT2D eigenvalue weighted by molar-refractivity contribution is 7.71. The first-order chi connectivity index (χ1) is 10.1. The maximum atomic E-state index is 6.16. The van der Waals surface area contributed by atoms with Crippen LogP contribution in [0.1, 0.15) is 6.92 Å². The predicted molar refractivity (Wildman–Crippen MR) is 82.8 cm³/mol. The summed E-state index contributed by atoms with van der Waals surface area (Å²) >= 11 is 11.4. The predicted octanol–water partition coefficient (Wildman–Crippen LogP) is 3.20. The molecule has 1 saturated heterocycles. The van der Waals surface area contributed by atoms with Gasteiger partial charge in [-0.25, -0.2) is 4.68 Å². The summed E-state index contributed by atoms with van der Waals surface area (Å²) in [5.74, 6) is 0.451. The van der Waals surface area contributed by atoms with Gasteiger partial charge < -0.3 is 9.15 Å². The minimum Gasteiger partial charge on any atom is -0.409 e. The quantitative estimate of drug-likeness (QED) is 0.811. The first-order valence-corrected chi connectivity index (χ1v) is 7.59. The van der Waals surface area contributed by atoms with E-state index in [4.69, 9.17) is 33.0 Å². The maximum absolute atomic E-state index is 6.16. The van der Waals surface area contributed by atoms with E-state index >= 15 is 0 Å². The van der Waals surface area contributed by atoms with E-state index in [1.165, 1.54) is 0 Å². The Balaban J connectivity index is 1.82. The molecule has 0 aliphatic carbocycles. The molecular weight excluding hydrogens is 310 g/mol. The lowest BCUT2D eigenvalue weighted by molar-refractivity contribution is -0.0309. The molecule has 1 aliphatic heterocycles. The average molecular weight is 326 g/mol. The van der Waals surface area contributed by atoms with E-state index in [1.807, 2.05) is 18.2 Å². The molecule has 2 heterocycles. The zero-order chi connectivity index (χ0) is 14.8. The van der Waals surface area contributed by atoms with Crippen molar-refractivity contribution in [1.29, 1.82) is 0 Å². The lowest BCUT2D eigenvalue weighted by atomic mass is 10.2. The number of halogens is 1. The van der Waals surface area contributed by atoms with Gasteiger partial charge in [-0.05, 0) is 31.3 Å². The number of morpholine rings is 1. The molecule has 1 aromatic heterocycles. The van der Waals surface area contributed by atoms with Gasteiger partial charge in [0.05, 0.1) is 30.0 Å². The molecule has 0 radical (unpaired) electrons. The third kappa shape index (κ3) is 3.35. The minimum atomic E-state index is 0.225. The molecule has 0 amide bonds. The maximum Gasteiger partial charge on any atom is 0.288 e. The molecular formula is C14H16ClN3O2S. The van der Waals surface area contributed by atoms with E-state index < -0.39 is 0 Å². The van der Waals surface area contributed by atoms with E-state index in [0.29, 0.717) is 22.4 Å². The smallest absolute Gasteiger partial charge is 0.288 e. The molecule has 0 unspecified atom stereocenters. The summed E-state index contributed by atoms with van der Waals surface area (Å²) in [5, 5.41) is 5.04. The van der Waals surface area contributed by atoms with E-state index in [1.54, 1.807) is 10.7 Å². The monoisotopic (exact) mass is 325 g/mol. The van der Waals surface area contributed by atoms with Gasteiger partial charge in [0, 0.05) is 13.1 Å². The summed E-state index contributed by atoms with van der Waals surface area (Å²) in [6.45, 7) is 5.10. The van der Waals surface area contributed by atoms with E-state index in [-0.39, 0.29) is 6.10 Å². The number of nitrogens with zero attached hydrogens (tertiary/aromatic N) is 3. The van der Waals surface area contributed by atoms with Crippen LogP contribution in [-0.4, -0.2) is 40.5 Å². The van der Waals surface area contributed by atoms with Gasteiger partial charge in [-0.1, -0.05) is 23.7 Å². The van der Waals surface area contributed by atoms with Crippen LogP contribution >= 0.6 is 23.8 Å². The van der Waals surface area contributed by atoms with Crippen molar-refractivity contribution >= 4 is 23.8 Å². The van der Waals surface area contributed by atoms with Crippen molar-refractivity contribution in [3.63, 3.8) is 0 Å². The molecule has 0 bridgehead atoms. The van der Waals surface area contributed by atoms with Crippen molar-refractivity contribution in [2.45, 2.75) is 19.7 Å².